The van der Waals surface area contributed by atoms with Gasteiger partial charge in [0.1, 0.15) is 17.7 Å². The molecular weight excluding hydrogens is 371 g/mol. The largest absolute Gasteiger partial charge is 0.490 e. The fourth-order valence-electron chi connectivity index (χ4n) is 3.86. The molecule has 1 saturated heterocycles. The highest BCUT2D eigenvalue weighted by molar-refractivity contribution is 5.89. The van der Waals surface area contributed by atoms with Crippen LogP contribution in [0.15, 0.2) is 48.5 Å². The molecule has 1 aromatic heterocycles. The zero-order valence-corrected chi connectivity index (χ0v) is 16.3. The number of halogens is 1. The molecular formula is C23H23FN2O3. The summed E-state index contributed by atoms with van der Waals surface area (Å²) < 4.78 is 19.9. The molecule has 0 atom stereocenters. The Morgan fingerprint density at radius 2 is 1.97 bits per heavy atom. The summed E-state index contributed by atoms with van der Waals surface area (Å²) in [5.74, 6) is -0.535. The molecule has 1 aliphatic heterocycles. The van der Waals surface area contributed by atoms with Crippen molar-refractivity contribution in [1.82, 2.24) is 9.88 Å². The molecule has 2 aromatic carbocycles. The molecule has 29 heavy (non-hydrogen) atoms. The smallest absolute Gasteiger partial charge is 0.336 e. The second-order valence-corrected chi connectivity index (χ2v) is 7.48. The third kappa shape index (κ3) is 4.38. The minimum atomic E-state index is -0.897. The van der Waals surface area contributed by atoms with Gasteiger partial charge in [0.25, 0.3) is 0 Å². The molecule has 0 unspecified atom stereocenters. The molecule has 0 aliphatic carbocycles. The van der Waals surface area contributed by atoms with Crippen molar-refractivity contribution in [3.05, 3.63) is 71.2 Å². The average molecular weight is 394 g/mol. The summed E-state index contributed by atoms with van der Waals surface area (Å²) in [6.07, 6.45) is 1.69. The SMILES string of the molecule is Cc1cc(OC2CCN(Cc3ccccc3C(=O)O)CC2)c2cc(F)ccc2n1. The van der Waals surface area contributed by atoms with Crippen molar-refractivity contribution in [2.24, 2.45) is 0 Å². The van der Waals surface area contributed by atoms with Crippen molar-refractivity contribution < 1.29 is 19.0 Å². The Hall–Kier alpha value is -2.99. The van der Waals surface area contributed by atoms with E-state index in [9.17, 15) is 14.3 Å². The van der Waals surface area contributed by atoms with Gasteiger partial charge in [-0.05, 0) is 49.6 Å². The first-order valence-corrected chi connectivity index (χ1v) is 9.77. The first kappa shape index (κ1) is 19.3. The molecule has 150 valence electrons. The number of rotatable bonds is 5. The van der Waals surface area contributed by atoms with E-state index in [4.69, 9.17) is 4.74 Å². The lowest BCUT2D eigenvalue weighted by Gasteiger charge is -2.32. The zero-order valence-electron chi connectivity index (χ0n) is 16.3. The number of carboxylic acid groups (broad SMARTS) is 1. The van der Waals surface area contributed by atoms with E-state index in [-0.39, 0.29) is 11.9 Å². The molecule has 1 N–H and O–H groups in total. The van der Waals surface area contributed by atoms with Crippen molar-refractivity contribution in [1.29, 1.82) is 0 Å². The first-order valence-electron chi connectivity index (χ1n) is 9.77. The number of fused-ring (bicyclic) bond motifs is 1. The van der Waals surface area contributed by atoms with Gasteiger partial charge in [-0.2, -0.15) is 0 Å². The molecule has 0 spiro atoms. The quantitative estimate of drug-likeness (QED) is 0.694. The van der Waals surface area contributed by atoms with Gasteiger partial charge in [-0.25, -0.2) is 9.18 Å². The number of ether oxygens (including phenoxy) is 1. The minimum absolute atomic E-state index is 0.0363. The number of aromatic nitrogens is 1. The minimum Gasteiger partial charge on any atom is -0.490 e. The van der Waals surface area contributed by atoms with E-state index in [1.165, 1.54) is 12.1 Å². The van der Waals surface area contributed by atoms with Crippen LogP contribution in [0.2, 0.25) is 0 Å². The number of likely N-dealkylation sites (tertiary alicyclic amines) is 1. The zero-order chi connectivity index (χ0) is 20.4. The maximum absolute atomic E-state index is 13.7. The van der Waals surface area contributed by atoms with Gasteiger partial charge in [-0.1, -0.05) is 18.2 Å². The van der Waals surface area contributed by atoms with Gasteiger partial charge in [0.2, 0.25) is 0 Å². The number of nitrogens with zero attached hydrogens (tertiary/aromatic N) is 2. The van der Waals surface area contributed by atoms with E-state index in [1.807, 2.05) is 25.1 Å². The Labute approximate surface area is 168 Å². The lowest BCUT2D eigenvalue weighted by Crippen LogP contribution is -2.38. The third-order valence-electron chi connectivity index (χ3n) is 5.33. The predicted molar refractivity (Wildman–Crippen MR) is 109 cm³/mol. The number of benzene rings is 2. The summed E-state index contributed by atoms with van der Waals surface area (Å²) in [6.45, 7) is 4.14. The van der Waals surface area contributed by atoms with Gasteiger partial charge < -0.3 is 9.84 Å². The average Bonchev–Trinajstić information content (AvgIpc) is 2.70. The van der Waals surface area contributed by atoms with Crippen molar-refractivity contribution in [3.63, 3.8) is 0 Å². The Kier molecular flexibility index (Phi) is 5.45. The lowest BCUT2D eigenvalue weighted by molar-refractivity contribution is 0.0690. The fourth-order valence-corrected chi connectivity index (χ4v) is 3.86. The van der Waals surface area contributed by atoms with Crippen LogP contribution in [0.3, 0.4) is 0 Å². The maximum atomic E-state index is 13.7. The van der Waals surface area contributed by atoms with Crippen LogP contribution in [0.5, 0.6) is 5.75 Å². The first-order chi connectivity index (χ1) is 14.0. The summed E-state index contributed by atoms with van der Waals surface area (Å²) in [6, 6.07) is 13.5. The summed E-state index contributed by atoms with van der Waals surface area (Å²) >= 11 is 0. The van der Waals surface area contributed by atoms with Gasteiger partial charge in [-0.3, -0.25) is 9.88 Å². The van der Waals surface area contributed by atoms with Crippen LogP contribution in [0.4, 0.5) is 4.39 Å². The van der Waals surface area contributed by atoms with Crippen molar-refractivity contribution >= 4 is 16.9 Å². The monoisotopic (exact) mass is 394 g/mol. The molecule has 0 amide bonds. The van der Waals surface area contributed by atoms with Crippen LogP contribution in [0.1, 0.15) is 34.5 Å². The summed E-state index contributed by atoms with van der Waals surface area (Å²) in [5, 5.41) is 10.0. The highest BCUT2D eigenvalue weighted by Gasteiger charge is 2.23. The molecule has 5 nitrogen and oxygen atoms in total. The van der Waals surface area contributed by atoms with E-state index in [0.717, 1.165) is 42.7 Å². The van der Waals surface area contributed by atoms with Crippen molar-refractivity contribution in [2.45, 2.75) is 32.4 Å². The van der Waals surface area contributed by atoms with E-state index >= 15 is 0 Å². The molecule has 1 aliphatic rings. The summed E-state index contributed by atoms with van der Waals surface area (Å²) in [7, 11) is 0. The number of aryl methyl sites for hydroxylation is 1. The molecule has 4 rings (SSSR count). The molecule has 2 heterocycles. The maximum Gasteiger partial charge on any atom is 0.336 e. The van der Waals surface area contributed by atoms with Gasteiger partial charge >= 0.3 is 5.97 Å². The van der Waals surface area contributed by atoms with E-state index < -0.39 is 5.97 Å². The fraction of sp³-hybridized carbons (Fsp3) is 0.304. The van der Waals surface area contributed by atoms with E-state index in [1.54, 1.807) is 18.2 Å². The number of aromatic carboxylic acids is 1. The van der Waals surface area contributed by atoms with Crippen LogP contribution in [-0.4, -0.2) is 40.2 Å². The van der Waals surface area contributed by atoms with Gasteiger partial charge in [-0.15, -0.1) is 0 Å². The number of hydrogen-bond donors (Lipinski definition) is 1. The molecule has 1 fully saturated rings. The normalized spacial score (nSPS) is 15.5. The Morgan fingerprint density at radius 3 is 2.72 bits per heavy atom. The van der Waals surface area contributed by atoms with E-state index in [2.05, 4.69) is 9.88 Å². The van der Waals surface area contributed by atoms with Gasteiger partial charge in [0.15, 0.2) is 0 Å². The Bertz CT molecular complexity index is 1050. The van der Waals surface area contributed by atoms with Crippen molar-refractivity contribution in [3.8, 4) is 5.75 Å². The predicted octanol–water partition coefficient (Wildman–Crippen LogP) is 4.42. The Balaban J connectivity index is 1.43. The summed E-state index contributed by atoms with van der Waals surface area (Å²) in [5.41, 5.74) is 2.74. The number of carbonyl (C=O) groups is 1. The highest BCUT2D eigenvalue weighted by Crippen LogP contribution is 2.29. The molecule has 0 saturated carbocycles. The number of pyridine rings is 1. The van der Waals surface area contributed by atoms with Gasteiger partial charge in [0, 0.05) is 36.8 Å². The standard InChI is InChI=1S/C23H23FN2O3/c1-15-12-22(20-13-17(24)6-7-21(20)25-15)29-18-8-10-26(11-9-18)14-16-4-2-3-5-19(16)23(27)28/h2-7,12-13,18H,8-11,14H2,1H3,(H,27,28). The topological polar surface area (TPSA) is 62.7 Å². The third-order valence-corrected chi connectivity index (χ3v) is 5.33. The molecule has 3 aromatic rings. The molecule has 0 bridgehead atoms. The highest BCUT2D eigenvalue weighted by atomic mass is 19.1. The van der Waals surface area contributed by atoms with E-state index in [0.29, 0.717) is 23.2 Å². The molecule has 0 radical (unpaired) electrons. The second-order valence-electron chi connectivity index (χ2n) is 7.48. The Morgan fingerprint density at radius 1 is 1.21 bits per heavy atom. The van der Waals surface area contributed by atoms with Crippen LogP contribution in [-0.2, 0) is 6.54 Å². The lowest BCUT2D eigenvalue weighted by atomic mass is 10.0. The number of piperidine rings is 1. The van der Waals surface area contributed by atoms with Crippen LogP contribution >= 0.6 is 0 Å². The van der Waals surface area contributed by atoms with Crippen LogP contribution in [0.25, 0.3) is 10.9 Å². The van der Waals surface area contributed by atoms with Crippen LogP contribution < -0.4 is 4.74 Å². The summed E-state index contributed by atoms with van der Waals surface area (Å²) in [4.78, 5) is 18.1. The number of carboxylic acids is 1. The van der Waals surface area contributed by atoms with Gasteiger partial charge in [0.05, 0.1) is 11.1 Å². The second kappa shape index (κ2) is 8.17. The van der Waals surface area contributed by atoms with Crippen LogP contribution in [0, 0.1) is 12.7 Å². The van der Waals surface area contributed by atoms with Crippen molar-refractivity contribution in [2.75, 3.05) is 13.1 Å². The number of hydrogen-bond acceptors (Lipinski definition) is 4. The molecule has 6 heteroatoms.